The standard InChI is InChI=1S/C22H16ClN5/c23-15-6-3-5-14(11-15)12-25-22-26-13-18-16-7-1-2-9-19(16)27-21-17(20(18)28-22)8-4-10-24-21/h1-11,13H,12H2,(H,24,27)(H,25,26,28). The fourth-order valence-electron chi connectivity index (χ4n) is 3.35. The van der Waals surface area contributed by atoms with Crippen LogP contribution in [0, 0.1) is 0 Å². The molecule has 2 N–H and O–H groups in total. The number of benzene rings is 2. The number of anilines is 3. The van der Waals surface area contributed by atoms with Gasteiger partial charge in [0.15, 0.2) is 0 Å². The Bertz CT molecular complexity index is 1170. The van der Waals surface area contributed by atoms with Crippen molar-refractivity contribution in [2.45, 2.75) is 6.54 Å². The maximum Gasteiger partial charge on any atom is 0.223 e. The Labute approximate surface area is 167 Å². The molecule has 0 atom stereocenters. The van der Waals surface area contributed by atoms with Gasteiger partial charge < -0.3 is 10.6 Å². The first kappa shape index (κ1) is 16.7. The molecular weight excluding hydrogens is 370 g/mol. The molecule has 5 nitrogen and oxygen atoms in total. The van der Waals surface area contributed by atoms with Crippen molar-refractivity contribution < 1.29 is 0 Å². The summed E-state index contributed by atoms with van der Waals surface area (Å²) in [4.78, 5) is 13.9. The van der Waals surface area contributed by atoms with Crippen LogP contribution in [0.1, 0.15) is 5.56 Å². The zero-order valence-electron chi connectivity index (χ0n) is 14.9. The van der Waals surface area contributed by atoms with Crippen LogP contribution in [0.2, 0.25) is 5.02 Å². The lowest BCUT2D eigenvalue weighted by Gasteiger charge is -2.11. The molecule has 0 saturated heterocycles. The topological polar surface area (TPSA) is 62.7 Å². The third-order valence-electron chi connectivity index (χ3n) is 4.66. The Kier molecular flexibility index (Phi) is 4.14. The largest absolute Gasteiger partial charge is 0.350 e. The summed E-state index contributed by atoms with van der Waals surface area (Å²) in [6.07, 6.45) is 3.64. The van der Waals surface area contributed by atoms with Crippen molar-refractivity contribution in [2.24, 2.45) is 0 Å². The van der Waals surface area contributed by atoms with Crippen molar-refractivity contribution in [1.29, 1.82) is 0 Å². The lowest BCUT2D eigenvalue weighted by atomic mass is 10.0. The second-order valence-corrected chi connectivity index (χ2v) is 6.95. The lowest BCUT2D eigenvalue weighted by molar-refractivity contribution is 1.06. The Hall–Kier alpha value is -3.44. The van der Waals surface area contributed by atoms with Crippen molar-refractivity contribution in [1.82, 2.24) is 15.0 Å². The molecular formula is C22H16ClN5. The van der Waals surface area contributed by atoms with Crippen molar-refractivity contribution in [2.75, 3.05) is 10.6 Å². The zero-order valence-corrected chi connectivity index (χ0v) is 15.6. The van der Waals surface area contributed by atoms with E-state index in [1.807, 2.05) is 60.8 Å². The molecule has 0 bridgehead atoms. The number of hydrogen-bond acceptors (Lipinski definition) is 5. The highest BCUT2D eigenvalue weighted by Gasteiger charge is 2.21. The number of halogens is 1. The fourth-order valence-corrected chi connectivity index (χ4v) is 3.56. The number of hydrogen-bond donors (Lipinski definition) is 2. The first-order chi connectivity index (χ1) is 13.8. The van der Waals surface area contributed by atoms with Gasteiger partial charge in [-0.25, -0.2) is 15.0 Å². The van der Waals surface area contributed by atoms with Gasteiger partial charge in [-0.05, 0) is 35.9 Å². The van der Waals surface area contributed by atoms with E-state index in [1.165, 1.54) is 0 Å². The van der Waals surface area contributed by atoms with Gasteiger partial charge in [-0.2, -0.15) is 0 Å². The van der Waals surface area contributed by atoms with Gasteiger partial charge in [-0.1, -0.05) is 41.9 Å². The van der Waals surface area contributed by atoms with Crippen LogP contribution in [0.15, 0.2) is 73.1 Å². The van der Waals surface area contributed by atoms with E-state index in [0.29, 0.717) is 17.5 Å². The van der Waals surface area contributed by atoms with Crippen LogP contribution in [-0.2, 0) is 6.54 Å². The van der Waals surface area contributed by atoms with Gasteiger partial charge in [0.1, 0.15) is 5.82 Å². The SMILES string of the molecule is Clc1cccc(CNc2ncc3c(n2)-c2cccnc2Nc2ccccc2-3)c1. The minimum absolute atomic E-state index is 0.563. The number of aromatic nitrogens is 3. The molecule has 4 aromatic rings. The highest BCUT2D eigenvalue weighted by atomic mass is 35.5. The minimum Gasteiger partial charge on any atom is -0.350 e. The van der Waals surface area contributed by atoms with E-state index in [0.717, 1.165) is 39.5 Å². The molecule has 0 unspecified atom stereocenters. The average Bonchev–Trinajstić information content (AvgIpc) is 2.87. The van der Waals surface area contributed by atoms with Crippen LogP contribution in [0.3, 0.4) is 0 Å². The highest BCUT2D eigenvalue weighted by molar-refractivity contribution is 6.30. The summed E-state index contributed by atoms with van der Waals surface area (Å²) in [6, 6.07) is 19.8. The van der Waals surface area contributed by atoms with E-state index in [1.54, 1.807) is 6.20 Å². The monoisotopic (exact) mass is 385 g/mol. The Morgan fingerprint density at radius 3 is 2.71 bits per heavy atom. The van der Waals surface area contributed by atoms with Crippen molar-refractivity contribution in [3.8, 4) is 22.4 Å². The van der Waals surface area contributed by atoms with Crippen molar-refractivity contribution >= 4 is 29.1 Å². The molecule has 5 rings (SSSR count). The number of nitrogens with zero attached hydrogens (tertiary/aromatic N) is 3. The number of para-hydroxylation sites is 1. The first-order valence-electron chi connectivity index (χ1n) is 8.95. The summed E-state index contributed by atoms with van der Waals surface area (Å²) in [5.74, 6) is 1.35. The Morgan fingerprint density at radius 2 is 1.79 bits per heavy atom. The van der Waals surface area contributed by atoms with Crippen LogP contribution in [0.5, 0.6) is 0 Å². The normalized spacial score (nSPS) is 11.5. The van der Waals surface area contributed by atoms with Crippen LogP contribution < -0.4 is 10.6 Å². The van der Waals surface area contributed by atoms with Gasteiger partial charge in [0.25, 0.3) is 0 Å². The molecule has 0 saturated carbocycles. The maximum absolute atomic E-state index is 6.07. The van der Waals surface area contributed by atoms with Crippen LogP contribution in [0.4, 0.5) is 17.5 Å². The van der Waals surface area contributed by atoms with Gasteiger partial charge in [0.2, 0.25) is 5.95 Å². The predicted molar refractivity (Wildman–Crippen MR) is 113 cm³/mol. The van der Waals surface area contributed by atoms with Crippen LogP contribution in [0.25, 0.3) is 22.4 Å². The fraction of sp³-hybridized carbons (Fsp3) is 0.0455. The third kappa shape index (κ3) is 3.06. The second kappa shape index (κ2) is 6.94. The van der Waals surface area contributed by atoms with Crippen LogP contribution in [-0.4, -0.2) is 15.0 Å². The second-order valence-electron chi connectivity index (χ2n) is 6.51. The number of fused-ring (bicyclic) bond motifs is 5. The lowest BCUT2D eigenvalue weighted by Crippen LogP contribution is -2.05. The number of nitrogens with one attached hydrogen (secondary N) is 2. The van der Waals surface area contributed by atoms with E-state index >= 15 is 0 Å². The number of pyridine rings is 1. The summed E-state index contributed by atoms with van der Waals surface area (Å²) >= 11 is 6.07. The Morgan fingerprint density at radius 1 is 0.893 bits per heavy atom. The van der Waals surface area contributed by atoms with Gasteiger partial charge >= 0.3 is 0 Å². The highest BCUT2D eigenvalue weighted by Crippen LogP contribution is 2.42. The Balaban J connectivity index is 1.57. The zero-order chi connectivity index (χ0) is 18.9. The predicted octanol–water partition coefficient (Wildman–Crippen LogP) is 5.53. The number of rotatable bonds is 3. The summed E-state index contributed by atoms with van der Waals surface area (Å²) in [6.45, 7) is 0.591. The molecule has 0 spiro atoms. The molecule has 3 heterocycles. The quantitative estimate of drug-likeness (QED) is 0.427. The molecule has 0 amide bonds. The molecule has 2 aromatic heterocycles. The molecule has 1 aliphatic heterocycles. The third-order valence-corrected chi connectivity index (χ3v) is 4.90. The average molecular weight is 386 g/mol. The van der Waals surface area contributed by atoms with E-state index in [4.69, 9.17) is 16.6 Å². The molecule has 6 heteroatoms. The van der Waals surface area contributed by atoms with Crippen molar-refractivity contribution in [3.63, 3.8) is 0 Å². The summed E-state index contributed by atoms with van der Waals surface area (Å²) in [5, 5.41) is 7.42. The molecule has 0 fully saturated rings. The van der Waals surface area contributed by atoms with Crippen LogP contribution >= 0.6 is 11.6 Å². The summed E-state index contributed by atoms with van der Waals surface area (Å²) < 4.78 is 0. The van der Waals surface area contributed by atoms with E-state index < -0.39 is 0 Å². The molecule has 136 valence electrons. The molecule has 2 aromatic carbocycles. The van der Waals surface area contributed by atoms with Crippen molar-refractivity contribution in [3.05, 3.63) is 83.6 Å². The summed E-state index contributed by atoms with van der Waals surface area (Å²) in [5.41, 5.74) is 5.88. The first-order valence-corrected chi connectivity index (χ1v) is 9.33. The van der Waals surface area contributed by atoms with Gasteiger partial charge in [0.05, 0.1) is 5.69 Å². The molecule has 28 heavy (non-hydrogen) atoms. The van der Waals surface area contributed by atoms with Gasteiger partial charge in [-0.3, -0.25) is 0 Å². The minimum atomic E-state index is 0.563. The smallest absolute Gasteiger partial charge is 0.223 e. The maximum atomic E-state index is 6.07. The summed E-state index contributed by atoms with van der Waals surface area (Å²) in [7, 11) is 0. The molecule has 0 aliphatic carbocycles. The van der Waals surface area contributed by atoms with E-state index in [2.05, 4.69) is 26.7 Å². The van der Waals surface area contributed by atoms with E-state index in [9.17, 15) is 0 Å². The molecule has 0 radical (unpaired) electrons. The van der Waals surface area contributed by atoms with E-state index in [-0.39, 0.29) is 0 Å². The van der Waals surface area contributed by atoms with Gasteiger partial charge in [-0.15, -0.1) is 0 Å². The van der Waals surface area contributed by atoms with Gasteiger partial charge in [0, 0.05) is 46.3 Å². The molecule has 1 aliphatic rings.